The SMILES string of the molecule is Cc1nc(C2CCC(O)C2)cnc1Sc1ccnc(Cl)c1Cl. The molecule has 2 atom stereocenters. The third-order valence-electron chi connectivity index (χ3n) is 3.76. The Bertz CT molecular complexity index is 698. The van der Waals surface area contributed by atoms with Crippen LogP contribution in [0.15, 0.2) is 28.4 Å². The Morgan fingerprint density at radius 2 is 2.09 bits per heavy atom. The van der Waals surface area contributed by atoms with Crippen LogP contribution in [0.4, 0.5) is 0 Å². The summed E-state index contributed by atoms with van der Waals surface area (Å²) in [5.74, 6) is 0.305. The van der Waals surface area contributed by atoms with Gasteiger partial charge in [0.15, 0.2) is 0 Å². The fourth-order valence-electron chi connectivity index (χ4n) is 2.60. The monoisotopic (exact) mass is 355 g/mol. The molecule has 1 aliphatic carbocycles. The lowest BCUT2D eigenvalue weighted by Gasteiger charge is -2.11. The van der Waals surface area contributed by atoms with E-state index in [0.717, 1.165) is 40.6 Å². The van der Waals surface area contributed by atoms with Crippen molar-refractivity contribution >= 4 is 35.0 Å². The van der Waals surface area contributed by atoms with Crippen LogP contribution < -0.4 is 0 Å². The molecule has 4 nitrogen and oxygen atoms in total. The molecule has 0 spiro atoms. The summed E-state index contributed by atoms with van der Waals surface area (Å²) >= 11 is 13.5. The molecule has 22 heavy (non-hydrogen) atoms. The van der Waals surface area contributed by atoms with Gasteiger partial charge < -0.3 is 5.11 Å². The number of rotatable bonds is 3. The minimum absolute atomic E-state index is 0.209. The molecule has 2 unspecified atom stereocenters. The number of aliphatic hydroxyl groups excluding tert-OH is 1. The second kappa shape index (κ2) is 6.71. The summed E-state index contributed by atoms with van der Waals surface area (Å²) in [5, 5.41) is 11.2. The highest BCUT2D eigenvalue weighted by atomic mass is 35.5. The number of nitrogens with zero attached hydrogens (tertiary/aromatic N) is 3. The van der Waals surface area contributed by atoms with Crippen LogP contribution in [-0.4, -0.2) is 26.2 Å². The minimum atomic E-state index is -0.209. The first-order valence-electron chi connectivity index (χ1n) is 7.04. The van der Waals surface area contributed by atoms with E-state index < -0.39 is 0 Å². The third kappa shape index (κ3) is 3.38. The first-order chi connectivity index (χ1) is 10.5. The van der Waals surface area contributed by atoms with E-state index >= 15 is 0 Å². The van der Waals surface area contributed by atoms with Gasteiger partial charge in [-0.15, -0.1) is 0 Å². The second-order valence-corrected chi connectivity index (χ2v) is 7.13. The Hall–Kier alpha value is -0.880. The maximum Gasteiger partial charge on any atom is 0.148 e. The molecule has 0 saturated heterocycles. The maximum absolute atomic E-state index is 9.65. The average molecular weight is 356 g/mol. The number of pyridine rings is 1. The molecule has 0 amide bonds. The average Bonchev–Trinajstić information content (AvgIpc) is 2.92. The highest BCUT2D eigenvalue weighted by molar-refractivity contribution is 7.99. The van der Waals surface area contributed by atoms with Crippen LogP contribution in [0.5, 0.6) is 0 Å². The van der Waals surface area contributed by atoms with E-state index in [4.69, 9.17) is 23.2 Å². The largest absolute Gasteiger partial charge is 0.393 e. The third-order valence-corrected chi connectivity index (χ3v) is 5.79. The Morgan fingerprint density at radius 3 is 2.77 bits per heavy atom. The zero-order valence-corrected chi connectivity index (χ0v) is 14.3. The van der Waals surface area contributed by atoms with Crippen molar-refractivity contribution in [3.05, 3.63) is 40.0 Å². The standard InChI is InChI=1S/C15H15Cl2N3OS/c1-8-15(22-12-4-5-18-14(17)13(12)16)19-7-11(20-8)9-2-3-10(21)6-9/h4-5,7,9-10,21H,2-3,6H2,1H3. The number of halogens is 2. The van der Waals surface area contributed by atoms with Gasteiger partial charge in [-0.3, -0.25) is 4.98 Å². The van der Waals surface area contributed by atoms with Crippen LogP contribution in [0.2, 0.25) is 10.2 Å². The van der Waals surface area contributed by atoms with Gasteiger partial charge in [0, 0.05) is 17.0 Å². The molecular weight excluding hydrogens is 341 g/mol. The highest BCUT2D eigenvalue weighted by Crippen LogP contribution is 2.37. The summed E-state index contributed by atoms with van der Waals surface area (Å²) in [6.45, 7) is 1.93. The van der Waals surface area contributed by atoms with E-state index in [0.29, 0.717) is 10.9 Å². The van der Waals surface area contributed by atoms with E-state index in [2.05, 4.69) is 15.0 Å². The van der Waals surface area contributed by atoms with Crippen molar-refractivity contribution in [1.82, 2.24) is 15.0 Å². The Kier molecular flexibility index (Phi) is 4.88. The molecular formula is C15H15Cl2N3OS. The number of aromatic nitrogens is 3. The zero-order chi connectivity index (χ0) is 15.7. The predicted octanol–water partition coefficient (Wildman–Crippen LogP) is 4.27. The van der Waals surface area contributed by atoms with E-state index in [9.17, 15) is 5.11 Å². The van der Waals surface area contributed by atoms with Gasteiger partial charge in [-0.1, -0.05) is 35.0 Å². The molecule has 0 radical (unpaired) electrons. The fourth-order valence-corrected chi connectivity index (χ4v) is 3.86. The molecule has 3 rings (SSSR count). The molecule has 2 heterocycles. The molecule has 1 saturated carbocycles. The second-order valence-electron chi connectivity index (χ2n) is 5.37. The van der Waals surface area contributed by atoms with Gasteiger partial charge in [0.2, 0.25) is 0 Å². The topological polar surface area (TPSA) is 58.9 Å². The number of aliphatic hydroxyl groups is 1. The van der Waals surface area contributed by atoms with E-state index in [1.807, 2.05) is 6.92 Å². The van der Waals surface area contributed by atoms with Crippen LogP contribution in [0, 0.1) is 6.92 Å². The van der Waals surface area contributed by atoms with Crippen molar-refractivity contribution in [2.75, 3.05) is 0 Å². The molecule has 0 aromatic carbocycles. The predicted molar refractivity (Wildman–Crippen MR) is 87.7 cm³/mol. The van der Waals surface area contributed by atoms with Crippen molar-refractivity contribution < 1.29 is 5.11 Å². The zero-order valence-electron chi connectivity index (χ0n) is 12.0. The summed E-state index contributed by atoms with van der Waals surface area (Å²) in [6, 6.07) is 1.81. The van der Waals surface area contributed by atoms with Gasteiger partial charge in [0.1, 0.15) is 10.2 Å². The van der Waals surface area contributed by atoms with Gasteiger partial charge >= 0.3 is 0 Å². The van der Waals surface area contributed by atoms with Crippen LogP contribution in [0.25, 0.3) is 0 Å². The number of hydrogen-bond donors (Lipinski definition) is 1. The smallest absolute Gasteiger partial charge is 0.148 e. The Balaban J connectivity index is 1.82. The normalized spacial score (nSPS) is 21.3. The Morgan fingerprint density at radius 1 is 1.27 bits per heavy atom. The maximum atomic E-state index is 9.65. The molecule has 0 aliphatic heterocycles. The lowest BCUT2D eigenvalue weighted by atomic mass is 10.0. The molecule has 116 valence electrons. The minimum Gasteiger partial charge on any atom is -0.393 e. The first-order valence-corrected chi connectivity index (χ1v) is 8.61. The van der Waals surface area contributed by atoms with Crippen molar-refractivity contribution in [2.24, 2.45) is 0 Å². The van der Waals surface area contributed by atoms with Gasteiger partial charge in [-0.05, 0) is 32.3 Å². The lowest BCUT2D eigenvalue weighted by molar-refractivity contribution is 0.181. The molecule has 2 aromatic heterocycles. The van der Waals surface area contributed by atoms with Crippen LogP contribution >= 0.6 is 35.0 Å². The molecule has 1 aliphatic rings. The summed E-state index contributed by atoms with van der Waals surface area (Å²) in [4.78, 5) is 13.9. The molecule has 1 fully saturated rings. The molecule has 7 heteroatoms. The van der Waals surface area contributed by atoms with E-state index in [-0.39, 0.29) is 11.3 Å². The fraction of sp³-hybridized carbons (Fsp3) is 0.400. The highest BCUT2D eigenvalue weighted by Gasteiger charge is 2.26. The lowest BCUT2D eigenvalue weighted by Crippen LogP contribution is -2.03. The Labute approximate surface area is 143 Å². The van der Waals surface area contributed by atoms with Crippen molar-refractivity contribution in [2.45, 2.75) is 48.1 Å². The number of hydrogen-bond acceptors (Lipinski definition) is 5. The van der Waals surface area contributed by atoms with E-state index in [1.165, 1.54) is 11.8 Å². The quantitative estimate of drug-likeness (QED) is 0.833. The summed E-state index contributed by atoms with van der Waals surface area (Å²) in [7, 11) is 0. The summed E-state index contributed by atoms with van der Waals surface area (Å²) in [5.41, 5.74) is 1.81. The van der Waals surface area contributed by atoms with Gasteiger partial charge in [0.05, 0.1) is 28.7 Å². The van der Waals surface area contributed by atoms with Crippen LogP contribution in [0.1, 0.15) is 36.6 Å². The first kappa shape index (κ1) is 16.0. The van der Waals surface area contributed by atoms with Gasteiger partial charge in [-0.25, -0.2) is 9.97 Å². The van der Waals surface area contributed by atoms with Gasteiger partial charge in [-0.2, -0.15) is 0 Å². The van der Waals surface area contributed by atoms with Gasteiger partial charge in [0.25, 0.3) is 0 Å². The van der Waals surface area contributed by atoms with Crippen LogP contribution in [0.3, 0.4) is 0 Å². The summed E-state index contributed by atoms with van der Waals surface area (Å²) in [6.07, 6.45) is 5.79. The van der Waals surface area contributed by atoms with Crippen molar-refractivity contribution in [1.29, 1.82) is 0 Å². The molecule has 2 aromatic rings. The van der Waals surface area contributed by atoms with Crippen molar-refractivity contribution in [3.8, 4) is 0 Å². The van der Waals surface area contributed by atoms with Crippen LogP contribution in [-0.2, 0) is 0 Å². The molecule has 1 N–H and O–H groups in total. The molecule has 0 bridgehead atoms. The summed E-state index contributed by atoms with van der Waals surface area (Å²) < 4.78 is 0. The van der Waals surface area contributed by atoms with Crippen molar-refractivity contribution in [3.63, 3.8) is 0 Å². The van der Waals surface area contributed by atoms with E-state index in [1.54, 1.807) is 18.5 Å². The number of aryl methyl sites for hydroxylation is 1.